The highest BCUT2D eigenvalue weighted by Crippen LogP contribution is 2.19. The van der Waals surface area contributed by atoms with Gasteiger partial charge in [-0.15, -0.1) is 0 Å². The molecule has 1 saturated carbocycles. The molecule has 2 N–H and O–H groups in total. The van der Waals surface area contributed by atoms with Gasteiger partial charge in [-0.1, -0.05) is 42.5 Å². The molecule has 2 aromatic carbocycles. The number of rotatable bonds is 3. The lowest BCUT2D eigenvalue weighted by molar-refractivity contribution is 0.832. The Labute approximate surface area is 112 Å². The molecule has 0 unspecified atom stereocenters. The molecule has 2 aromatic rings. The molecule has 0 bridgehead atoms. The highest BCUT2D eigenvalue weighted by molar-refractivity contribution is 7.80. The van der Waals surface area contributed by atoms with E-state index in [0.717, 1.165) is 11.7 Å². The van der Waals surface area contributed by atoms with Crippen LogP contribution in [0.2, 0.25) is 0 Å². The highest BCUT2D eigenvalue weighted by Gasteiger charge is 2.21. The average Bonchev–Trinajstić information content (AvgIpc) is 3.20. The Kier molecular flexibility index (Phi) is 3.15. The SMILES string of the molecule is S=C(NCc1cccc2ccccc12)NC1CC1. The molecule has 2 nitrogen and oxygen atoms in total. The van der Waals surface area contributed by atoms with Gasteiger partial charge in [-0.3, -0.25) is 0 Å². The molecule has 92 valence electrons. The minimum Gasteiger partial charge on any atom is -0.360 e. The van der Waals surface area contributed by atoms with E-state index < -0.39 is 0 Å². The second-order valence-corrected chi connectivity index (χ2v) is 5.15. The van der Waals surface area contributed by atoms with Crippen molar-refractivity contribution in [3.05, 3.63) is 48.0 Å². The molecule has 18 heavy (non-hydrogen) atoms. The van der Waals surface area contributed by atoms with E-state index >= 15 is 0 Å². The van der Waals surface area contributed by atoms with Crippen LogP contribution in [-0.4, -0.2) is 11.2 Å². The minimum atomic E-state index is 0.609. The van der Waals surface area contributed by atoms with Crippen molar-refractivity contribution in [1.82, 2.24) is 10.6 Å². The maximum Gasteiger partial charge on any atom is 0.166 e. The van der Waals surface area contributed by atoms with Crippen LogP contribution in [-0.2, 0) is 6.54 Å². The summed E-state index contributed by atoms with van der Waals surface area (Å²) in [6.07, 6.45) is 2.49. The molecule has 0 heterocycles. The number of hydrogen-bond acceptors (Lipinski definition) is 1. The first-order valence-corrected chi connectivity index (χ1v) is 6.75. The topological polar surface area (TPSA) is 24.1 Å². The number of nitrogens with one attached hydrogen (secondary N) is 2. The number of fused-ring (bicyclic) bond motifs is 1. The number of thiocarbonyl (C=S) groups is 1. The highest BCUT2D eigenvalue weighted by atomic mass is 32.1. The third kappa shape index (κ3) is 2.62. The molecule has 1 aliphatic carbocycles. The van der Waals surface area contributed by atoms with E-state index in [2.05, 4.69) is 53.1 Å². The maximum absolute atomic E-state index is 5.27. The van der Waals surface area contributed by atoms with Crippen LogP contribution < -0.4 is 10.6 Å². The van der Waals surface area contributed by atoms with Crippen LogP contribution in [0.5, 0.6) is 0 Å². The number of hydrogen-bond donors (Lipinski definition) is 2. The number of benzene rings is 2. The lowest BCUT2D eigenvalue weighted by Crippen LogP contribution is -2.36. The van der Waals surface area contributed by atoms with Crippen molar-refractivity contribution in [3.8, 4) is 0 Å². The van der Waals surface area contributed by atoms with Crippen LogP contribution in [0.15, 0.2) is 42.5 Å². The fourth-order valence-electron chi connectivity index (χ4n) is 2.09. The predicted octanol–water partition coefficient (Wildman–Crippen LogP) is 2.97. The Morgan fingerprint density at radius 2 is 1.89 bits per heavy atom. The molecule has 3 rings (SSSR count). The predicted molar refractivity (Wildman–Crippen MR) is 79.5 cm³/mol. The molecule has 0 aliphatic heterocycles. The van der Waals surface area contributed by atoms with Gasteiger partial charge in [0.2, 0.25) is 0 Å². The van der Waals surface area contributed by atoms with Crippen LogP contribution in [0.1, 0.15) is 18.4 Å². The molecule has 0 atom stereocenters. The van der Waals surface area contributed by atoms with Crippen molar-refractivity contribution in [2.24, 2.45) is 0 Å². The van der Waals surface area contributed by atoms with E-state index in [9.17, 15) is 0 Å². The van der Waals surface area contributed by atoms with Crippen LogP contribution in [0.3, 0.4) is 0 Å². The van der Waals surface area contributed by atoms with E-state index in [-0.39, 0.29) is 0 Å². The van der Waals surface area contributed by atoms with E-state index in [1.54, 1.807) is 0 Å². The lowest BCUT2D eigenvalue weighted by Gasteiger charge is -2.11. The van der Waals surface area contributed by atoms with Gasteiger partial charge in [-0.2, -0.15) is 0 Å². The summed E-state index contributed by atoms with van der Waals surface area (Å²) in [7, 11) is 0. The van der Waals surface area contributed by atoms with Gasteiger partial charge in [-0.05, 0) is 41.4 Å². The quantitative estimate of drug-likeness (QED) is 0.826. The molecule has 0 aromatic heterocycles. The molecule has 0 saturated heterocycles. The van der Waals surface area contributed by atoms with Gasteiger partial charge >= 0.3 is 0 Å². The van der Waals surface area contributed by atoms with Crippen LogP contribution >= 0.6 is 12.2 Å². The molecular weight excluding hydrogens is 240 g/mol. The normalized spacial score (nSPS) is 14.4. The van der Waals surface area contributed by atoms with Gasteiger partial charge in [0.1, 0.15) is 0 Å². The van der Waals surface area contributed by atoms with Crippen molar-refractivity contribution >= 4 is 28.1 Å². The molecular formula is C15H16N2S. The summed E-state index contributed by atoms with van der Waals surface area (Å²) in [6.45, 7) is 0.778. The summed E-state index contributed by atoms with van der Waals surface area (Å²) in [4.78, 5) is 0. The van der Waals surface area contributed by atoms with Gasteiger partial charge in [-0.25, -0.2) is 0 Å². The van der Waals surface area contributed by atoms with Crippen LogP contribution in [0, 0.1) is 0 Å². The van der Waals surface area contributed by atoms with Crippen LogP contribution in [0.4, 0.5) is 0 Å². The van der Waals surface area contributed by atoms with Gasteiger partial charge in [0.15, 0.2) is 5.11 Å². The van der Waals surface area contributed by atoms with Crippen molar-refractivity contribution in [2.45, 2.75) is 25.4 Å². The van der Waals surface area contributed by atoms with E-state index in [0.29, 0.717) is 6.04 Å². The summed E-state index contributed by atoms with van der Waals surface area (Å²) in [5.74, 6) is 0. The Morgan fingerprint density at radius 3 is 2.72 bits per heavy atom. The van der Waals surface area contributed by atoms with E-state index in [1.807, 2.05) is 0 Å². The lowest BCUT2D eigenvalue weighted by atomic mass is 10.0. The molecule has 1 aliphatic rings. The van der Waals surface area contributed by atoms with E-state index in [4.69, 9.17) is 12.2 Å². The summed E-state index contributed by atoms with van der Waals surface area (Å²) in [5.41, 5.74) is 1.29. The molecule has 0 amide bonds. The van der Waals surface area contributed by atoms with Crippen LogP contribution in [0.25, 0.3) is 10.8 Å². The second-order valence-electron chi connectivity index (χ2n) is 4.74. The standard InChI is InChI=1S/C15H16N2S/c18-15(17-13-8-9-13)16-10-12-6-3-5-11-4-1-2-7-14(11)12/h1-7,13H,8-10H2,(H2,16,17,18). The molecule has 3 heteroatoms. The molecule has 0 spiro atoms. The van der Waals surface area contributed by atoms with Crippen molar-refractivity contribution in [2.75, 3.05) is 0 Å². The van der Waals surface area contributed by atoms with Crippen molar-refractivity contribution in [1.29, 1.82) is 0 Å². The fourth-order valence-corrected chi connectivity index (χ4v) is 2.33. The zero-order valence-electron chi connectivity index (χ0n) is 10.1. The Hall–Kier alpha value is -1.61. The second kappa shape index (κ2) is 4.94. The maximum atomic E-state index is 5.27. The monoisotopic (exact) mass is 256 g/mol. The summed E-state index contributed by atoms with van der Waals surface area (Å²) in [5, 5.41) is 9.91. The average molecular weight is 256 g/mol. The summed E-state index contributed by atoms with van der Waals surface area (Å²) >= 11 is 5.27. The first-order valence-electron chi connectivity index (χ1n) is 6.34. The largest absolute Gasteiger partial charge is 0.360 e. The summed E-state index contributed by atoms with van der Waals surface area (Å²) in [6, 6.07) is 15.4. The first kappa shape index (κ1) is 11.5. The fraction of sp³-hybridized carbons (Fsp3) is 0.267. The zero-order valence-corrected chi connectivity index (χ0v) is 11.0. The molecule has 1 fully saturated rings. The zero-order chi connectivity index (χ0) is 12.4. The van der Waals surface area contributed by atoms with Gasteiger partial charge in [0.05, 0.1) is 0 Å². The van der Waals surface area contributed by atoms with E-state index in [1.165, 1.54) is 29.2 Å². The Morgan fingerprint density at radius 1 is 1.11 bits per heavy atom. The van der Waals surface area contributed by atoms with Gasteiger partial charge in [0.25, 0.3) is 0 Å². The van der Waals surface area contributed by atoms with Gasteiger partial charge in [0, 0.05) is 12.6 Å². The smallest absolute Gasteiger partial charge is 0.166 e. The Bertz CT molecular complexity index is 570. The molecule has 0 radical (unpaired) electrons. The minimum absolute atomic E-state index is 0.609. The Balaban J connectivity index is 1.71. The first-order chi connectivity index (χ1) is 8.83. The third-order valence-corrected chi connectivity index (χ3v) is 3.49. The third-order valence-electron chi connectivity index (χ3n) is 3.23. The summed E-state index contributed by atoms with van der Waals surface area (Å²) < 4.78 is 0. The van der Waals surface area contributed by atoms with Crippen molar-refractivity contribution < 1.29 is 0 Å². The van der Waals surface area contributed by atoms with Crippen molar-refractivity contribution in [3.63, 3.8) is 0 Å². The van der Waals surface area contributed by atoms with Gasteiger partial charge < -0.3 is 10.6 Å².